The maximum atomic E-state index is 5.66. The van der Waals surface area contributed by atoms with E-state index < -0.39 is 0 Å². The van der Waals surface area contributed by atoms with Crippen molar-refractivity contribution in [3.63, 3.8) is 0 Å². The molecule has 470 valence electrons. The van der Waals surface area contributed by atoms with Crippen molar-refractivity contribution in [2.45, 2.75) is 12.8 Å². The van der Waals surface area contributed by atoms with Gasteiger partial charge in [-0.25, -0.2) is 15.0 Å². The number of para-hydroxylation sites is 6. The molecular weight excluding hydrogens is 1210 g/mol. The van der Waals surface area contributed by atoms with Gasteiger partial charge in [0.05, 0.1) is 50.2 Å². The van der Waals surface area contributed by atoms with Crippen molar-refractivity contribution < 1.29 is 0 Å². The van der Waals surface area contributed by atoms with Crippen LogP contribution in [0.2, 0.25) is 0 Å². The van der Waals surface area contributed by atoms with Gasteiger partial charge in [0.2, 0.25) is 0 Å². The van der Waals surface area contributed by atoms with Gasteiger partial charge in [-0.1, -0.05) is 298 Å². The van der Waals surface area contributed by atoms with Gasteiger partial charge >= 0.3 is 0 Å². The molecule has 0 amide bonds. The summed E-state index contributed by atoms with van der Waals surface area (Å²) in [6.07, 6.45) is 7.02. The monoisotopic (exact) mass is 1280 g/mol. The molecule has 1 aliphatic rings. The molecule has 2 unspecified atom stereocenters. The van der Waals surface area contributed by atoms with E-state index in [4.69, 9.17) is 15.0 Å². The number of hydrogen-bond donors (Lipinski definition) is 0. The first kappa shape index (κ1) is 58.3. The van der Waals surface area contributed by atoms with Crippen molar-refractivity contribution in [3.8, 4) is 95.5 Å². The van der Waals surface area contributed by atoms with Crippen molar-refractivity contribution in [3.05, 3.63) is 369 Å². The van der Waals surface area contributed by atoms with E-state index in [0.717, 1.165) is 117 Å². The van der Waals surface area contributed by atoms with Crippen LogP contribution in [0.15, 0.2) is 358 Å². The fourth-order valence-corrected chi connectivity index (χ4v) is 15.5. The number of hydrogen-bond acceptors (Lipinski definition) is 3. The zero-order valence-electron chi connectivity index (χ0n) is 54.9. The van der Waals surface area contributed by atoms with Crippen molar-refractivity contribution in [1.82, 2.24) is 28.7 Å². The number of allylic oxidation sites excluding steroid dienone is 4. The second kappa shape index (κ2) is 24.3. The second-order valence-electron chi connectivity index (χ2n) is 26.3. The normalized spacial score (nSPS) is 13.9. The molecular formula is C94H64N6. The van der Waals surface area contributed by atoms with E-state index in [0.29, 0.717) is 17.5 Å². The third-order valence-electron chi connectivity index (χ3n) is 20.4. The SMILES string of the molecule is CC1C=CC(c2ccc(-c3ccccc3)c(-n3c4ccccc4c4ccccc43)c2)=CC1c1nc(-c2ccc(-c3cc(-c4cccc(-c5ccccc5)c4)ccc3-n3c4ccccc4c4ccccc43)cc2)nc(-c2ccc(-c3ccccc3)c(-n3c4ccccc4c4ccccc43)c2)n1. The van der Waals surface area contributed by atoms with Gasteiger partial charge in [-0.3, -0.25) is 0 Å². The van der Waals surface area contributed by atoms with Gasteiger partial charge in [-0.15, -0.1) is 0 Å². The Morgan fingerprint density at radius 1 is 0.250 bits per heavy atom. The van der Waals surface area contributed by atoms with Crippen LogP contribution in [0.4, 0.5) is 0 Å². The number of aromatic nitrogens is 6. The van der Waals surface area contributed by atoms with Crippen LogP contribution >= 0.6 is 0 Å². The molecule has 0 saturated heterocycles. The van der Waals surface area contributed by atoms with Crippen molar-refractivity contribution >= 4 is 71.0 Å². The number of benzene rings is 14. The molecule has 6 heteroatoms. The van der Waals surface area contributed by atoms with Gasteiger partial charge in [-0.2, -0.15) is 0 Å². The highest BCUT2D eigenvalue weighted by molar-refractivity contribution is 6.12. The molecule has 4 aromatic heterocycles. The summed E-state index contributed by atoms with van der Waals surface area (Å²) in [5.74, 6) is 1.73. The molecule has 14 aromatic carbocycles. The first-order valence-corrected chi connectivity index (χ1v) is 34.4. The van der Waals surface area contributed by atoms with Crippen LogP contribution in [0.5, 0.6) is 0 Å². The highest BCUT2D eigenvalue weighted by Gasteiger charge is 2.28. The molecule has 4 heterocycles. The van der Waals surface area contributed by atoms with Gasteiger partial charge < -0.3 is 13.7 Å². The minimum Gasteiger partial charge on any atom is -0.309 e. The van der Waals surface area contributed by atoms with Crippen molar-refractivity contribution in [2.24, 2.45) is 5.92 Å². The van der Waals surface area contributed by atoms with E-state index in [1.807, 2.05) is 0 Å². The Morgan fingerprint density at radius 2 is 0.600 bits per heavy atom. The average Bonchev–Trinajstić information content (AvgIpc) is 1.56. The number of rotatable bonds is 12. The minimum absolute atomic E-state index is 0.0446. The molecule has 6 nitrogen and oxygen atoms in total. The van der Waals surface area contributed by atoms with Crippen LogP contribution < -0.4 is 0 Å². The highest BCUT2D eigenvalue weighted by Crippen LogP contribution is 2.45. The third kappa shape index (κ3) is 9.98. The lowest BCUT2D eigenvalue weighted by molar-refractivity contribution is 0.602. The van der Waals surface area contributed by atoms with Crippen LogP contribution in [-0.4, -0.2) is 28.7 Å². The summed E-state index contributed by atoms with van der Waals surface area (Å²) in [4.78, 5) is 16.9. The Hall–Kier alpha value is -13.0. The van der Waals surface area contributed by atoms with Crippen LogP contribution in [0.1, 0.15) is 24.2 Å². The molecule has 0 saturated carbocycles. The Morgan fingerprint density at radius 3 is 1.09 bits per heavy atom. The maximum Gasteiger partial charge on any atom is 0.163 e. The van der Waals surface area contributed by atoms with E-state index in [-0.39, 0.29) is 11.8 Å². The van der Waals surface area contributed by atoms with E-state index in [1.165, 1.54) is 43.4 Å². The summed E-state index contributed by atoms with van der Waals surface area (Å²) in [7, 11) is 0. The van der Waals surface area contributed by atoms with E-state index in [1.54, 1.807) is 0 Å². The van der Waals surface area contributed by atoms with E-state index >= 15 is 0 Å². The lowest BCUT2D eigenvalue weighted by atomic mass is 9.84. The maximum absolute atomic E-state index is 5.66. The lowest BCUT2D eigenvalue weighted by Gasteiger charge is -2.24. The van der Waals surface area contributed by atoms with Crippen LogP contribution in [0.25, 0.3) is 166 Å². The standard InChI is InChI=1S/C94H64N6/c1-61-44-45-69(71-50-53-73(63-26-7-3-8-27-63)90(59-71)99-85-40-19-13-34-77(85)78-35-14-20-41-86(78)99)57-81(61)94-96-92(95-93(97-94)72-51-54-74(64-28-9-4-10-29-64)91(60-72)100-87-42-21-15-36-79(87)80-37-16-22-43-88(80)100)66-48-46-65(47-49-66)82-58-70(68-31-23-30-67(56-68)62-24-5-2-6-25-62)52-55-89(82)98-83-38-17-11-32-75(83)76-33-12-18-39-84(76)98/h2-61,81H,1H3. The van der Waals surface area contributed by atoms with Gasteiger partial charge in [0.15, 0.2) is 11.6 Å². The smallest absolute Gasteiger partial charge is 0.163 e. The molecule has 19 rings (SSSR count). The van der Waals surface area contributed by atoms with Gasteiger partial charge in [-0.05, 0) is 123 Å². The summed E-state index contributed by atoms with van der Waals surface area (Å²) in [5, 5.41) is 7.27. The lowest BCUT2D eigenvalue weighted by Crippen LogP contribution is -2.15. The van der Waals surface area contributed by atoms with Crippen LogP contribution in [0.3, 0.4) is 0 Å². The molecule has 100 heavy (non-hydrogen) atoms. The fraction of sp³-hybridized carbons (Fsp3) is 0.0319. The summed E-state index contributed by atoms with van der Waals surface area (Å²) in [6, 6.07) is 123. The molecule has 0 fully saturated rings. The predicted octanol–water partition coefficient (Wildman–Crippen LogP) is 24.2. The summed E-state index contributed by atoms with van der Waals surface area (Å²) in [5.41, 5.74) is 25.5. The molecule has 0 bridgehead atoms. The Kier molecular flexibility index (Phi) is 14.1. The van der Waals surface area contributed by atoms with Crippen LogP contribution in [-0.2, 0) is 0 Å². The molecule has 2 atom stereocenters. The fourth-order valence-electron chi connectivity index (χ4n) is 15.5. The predicted molar refractivity (Wildman–Crippen MR) is 416 cm³/mol. The van der Waals surface area contributed by atoms with Gasteiger partial charge in [0.25, 0.3) is 0 Å². The molecule has 0 aliphatic heterocycles. The van der Waals surface area contributed by atoms with Gasteiger partial charge in [0, 0.05) is 66.1 Å². The Balaban J connectivity index is 0.793. The first-order valence-electron chi connectivity index (χ1n) is 34.4. The average molecular weight is 1280 g/mol. The van der Waals surface area contributed by atoms with E-state index in [9.17, 15) is 0 Å². The topological polar surface area (TPSA) is 53.5 Å². The molecule has 0 radical (unpaired) electrons. The van der Waals surface area contributed by atoms with Crippen molar-refractivity contribution in [2.75, 3.05) is 0 Å². The zero-order chi connectivity index (χ0) is 66.2. The summed E-state index contributed by atoms with van der Waals surface area (Å²) >= 11 is 0. The highest BCUT2D eigenvalue weighted by atomic mass is 15.0. The number of fused-ring (bicyclic) bond motifs is 9. The van der Waals surface area contributed by atoms with Crippen molar-refractivity contribution in [1.29, 1.82) is 0 Å². The molecule has 0 N–H and O–H groups in total. The summed E-state index contributed by atoms with van der Waals surface area (Å²) in [6.45, 7) is 2.28. The first-order chi connectivity index (χ1) is 49.5. The Bertz CT molecular complexity index is 6130. The zero-order valence-corrected chi connectivity index (χ0v) is 54.9. The summed E-state index contributed by atoms with van der Waals surface area (Å²) < 4.78 is 7.30. The quantitative estimate of drug-likeness (QED) is 0.122. The van der Waals surface area contributed by atoms with E-state index in [2.05, 4.69) is 379 Å². The third-order valence-corrected chi connectivity index (χ3v) is 20.4. The minimum atomic E-state index is -0.220. The molecule has 18 aromatic rings. The Labute approximate surface area is 579 Å². The molecule has 0 spiro atoms. The largest absolute Gasteiger partial charge is 0.309 e. The van der Waals surface area contributed by atoms with Crippen LogP contribution in [0, 0.1) is 5.92 Å². The molecule has 1 aliphatic carbocycles. The second-order valence-corrected chi connectivity index (χ2v) is 26.3. The van der Waals surface area contributed by atoms with Gasteiger partial charge in [0.1, 0.15) is 5.82 Å². The number of nitrogens with zero attached hydrogens (tertiary/aromatic N) is 6.